The van der Waals surface area contributed by atoms with E-state index < -0.39 is 0 Å². The maximum absolute atomic E-state index is 2.80. The van der Waals surface area contributed by atoms with Crippen LogP contribution in [0.25, 0.3) is 0 Å². The third kappa shape index (κ3) is 2.55. The summed E-state index contributed by atoms with van der Waals surface area (Å²) in [4.78, 5) is 2.80. The SMILES string of the molecule is CC(C)(C)C1CCCC1N1CCCCC1. The highest BCUT2D eigenvalue weighted by atomic mass is 15.2. The molecule has 0 N–H and O–H groups in total. The summed E-state index contributed by atoms with van der Waals surface area (Å²) in [7, 11) is 0. The monoisotopic (exact) mass is 209 g/mol. The molecule has 1 aliphatic heterocycles. The van der Waals surface area contributed by atoms with E-state index in [1.807, 2.05) is 0 Å². The molecule has 2 atom stereocenters. The Kier molecular flexibility index (Phi) is 3.39. The number of nitrogens with zero attached hydrogens (tertiary/aromatic N) is 1. The van der Waals surface area contributed by atoms with Gasteiger partial charge in [0.1, 0.15) is 0 Å². The van der Waals surface area contributed by atoms with Crippen LogP contribution in [0.3, 0.4) is 0 Å². The Bertz CT molecular complexity index is 198. The summed E-state index contributed by atoms with van der Waals surface area (Å²) in [6, 6.07) is 0.908. The molecule has 0 aromatic carbocycles. The zero-order valence-corrected chi connectivity index (χ0v) is 10.8. The molecular weight excluding hydrogens is 182 g/mol. The molecule has 1 aliphatic carbocycles. The Balaban J connectivity index is 2.00. The van der Waals surface area contributed by atoms with E-state index in [0.29, 0.717) is 5.41 Å². The van der Waals surface area contributed by atoms with E-state index in [0.717, 1.165) is 12.0 Å². The first-order chi connectivity index (χ1) is 7.09. The Labute approximate surface area is 95.2 Å². The highest BCUT2D eigenvalue weighted by Crippen LogP contribution is 2.42. The Morgan fingerprint density at radius 3 is 2.13 bits per heavy atom. The second-order valence-corrected chi connectivity index (χ2v) is 6.57. The van der Waals surface area contributed by atoms with Gasteiger partial charge in [0.05, 0.1) is 0 Å². The first-order valence-corrected chi connectivity index (χ1v) is 6.83. The average Bonchev–Trinajstić information content (AvgIpc) is 2.67. The van der Waals surface area contributed by atoms with Crippen LogP contribution in [0.4, 0.5) is 0 Å². The van der Waals surface area contributed by atoms with Crippen molar-refractivity contribution in [3.05, 3.63) is 0 Å². The van der Waals surface area contributed by atoms with Crippen LogP contribution in [0, 0.1) is 11.3 Å². The molecule has 0 aromatic heterocycles. The zero-order valence-electron chi connectivity index (χ0n) is 10.8. The molecule has 2 fully saturated rings. The zero-order chi connectivity index (χ0) is 10.9. The molecule has 0 aromatic rings. The minimum absolute atomic E-state index is 0.513. The van der Waals surface area contributed by atoms with Crippen molar-refractivity contribution in [2.24, 2.45) is 11.3 Å². The standard InChI is InChI=1S/C14H27N/c1-14(2,3)12-8-7-9-13(12)15-10-5-4-6-11-15/h12-13H,4-11H2,1-3H3. The summed E-state index contributed by atoms with van der Waals surface area (Å²) in [6.07, 6.45) is 8.72. The Morgan fingerprint density at radius 1 is 0.867 bits per heavy atom. The minimum atomic E-state index is 0.513. The van der Waals surface area contributed by atoms with Crippen molar-refractivity contribution in [2.75, 3.05) is 13.1 Å². The second kappa shape index (κ2) is 4.45. The highest BCUT2D eigenvalue weighted by molar-refractivity contribution is 4.92. The summed E-state index contributed by atoms with van der Waals surface area (Å²) in [6.45, 7) is 10.0. The molecule has 2 rings (SSSR count). The largest absolute Gasteiger partial charge is 0.300 e. The fourth-order valence-corrected chi connectivity index (χ4v) is 3.64. The van der Waals surface area contributed by atoms with Gasteiger partial charge in [0.15, 0.2) is 0 Å². The van der Waals surface area contributed by atoms with Crippen molar-refractivity contribution in [3.63, 3.8) is 0 Å². The topological polar surface area (TPSA) is 3.24 Å². The minimum Gasteiger partial charge on any atom is -0.300 e. The molecule has 1 saturated carbocycles. The lowest BCUT2D eigenvalue weighted by Crippen LogP contribution is -2.44. The molecule has 1 saturated heterocycles. The van der Waals surface area contributed by atoms with Gasteiger partial charge in [0, 0.05) is 6.04 Å². The third-order valence-electron chi connectivity index (χ3n) is 4.45. The van der Waals surface area contributed by atoms with Crippen LogP contribution < -0.4 is 0 Å². The number of likely N-dealkylation sites (tertiary alicyclic amines) is 1. The average molecular weight is 209 g/mol. The summed E-state index contributed by atoms with van der Waals surface area (Å²) in [5.41, 5.74) is 0.513. The summed E-state index contributed by atoms with van der Waals surface area (Å²) in [5, 5.41) is 0. The van der Waals surface area contributed by atoms with Crippen LogP contribution >= 0.6 is 0 Å². The fourth-order valence-electron chi connectivity index (χ4n) is 3.64. The van der Waals surface area contributed by atoms with Gasteiger partial charge in [-0.15, -0.1) is 0 Å². The van der Waals surface area contributed by atoms with E-state index in [1.165, 1.54) is 51.6 Å². The van der Waals surface area contributed by atoms with Gasteiger partial charge in [-0.05, 0) is 50.1 Å². The van der Waals surface area contributed by atoms with Gasteiger partial charge >= 0.3 is 0 Å². The maximum Gasteiger partial charge on any atom is 0.0128 e. The van der Waals surface area contributed by atoms with Crippen LogP contribution in [0.1, 0.15) is 59.3 Å². The molecule has 1 heterocycles. The van der Waals surface area contributed by atoms with Gasteiger partial charge in [-0.3, -0.25) is 0 Å². The van der Waals surface area contributed by atoms with E-state index in [1.54, 1.807) is 0 Å². The number of hydrogen-bond acceptors (Lipinski definition) is 1. The summed E-state index contributed by atoms with van der Waals surface area (Å²) >= 11 is 0. The normalized spacial score (nSPS) is 34.6. The number of rotatable bonds is 1. The molecule has 0 amide bonds. The summed E-state index contributed by atoms with van der Waals surface area (Å²) in [5.74, 6) is 0.940. The van der Waals surface area contributed by atoms with E-state index in [2.05, 4.69) is 25.7 Å². The van der Waals surface area contributed by atoms with Crippen molar-refractivity contribution in [1.29, 1.82) is 0 Å². The number of piperidine rings is 1. The van der Waals surface area contributed by atoms with Crippen LogP contribution in [-0.4, -0.2) is 24.0 Å². The highest BCUT2D eigenvalue weighted by Gasteiger charge is 2.38. The maximum atomic E-state index is 2.80. The van der Waals surface area contributed by atoms with Crippen molar-refractivity contribution in [1.82, 2.24) is 4.90 Å². The van der Waals surface area contributed by atoms with E-state index in [9.17, 15) is 0 Å². The summed E-state index contributed by atoms with van der Waals surface area (Å²) < 4.78 is 0. The lowest BCUT2D eigenvalue weighted by Gasteiger charge is -2.40. The van der Waals surface area contributed by atoms with Crippen molar-refractivity contribution < 1.29 is 0 Å². The van der Waals surface area contributed by atoms with Gasteiger partial charge in [-0.1, -0.05) is 33.6 Å². The first-order valence-electron chi connectivity index (χ1n) is 6.83. The van der Waals surface area contributed by atoms with Gasteiger partial charge in [-0.25, -0.2) is 0 Å². The van der Waals surface area contributed by atoms with Crippen molar-refractivity contribution >= 4 is 0 Å². The fraction of sp³-hybridized carbons (Fsp3) is 1.00. The second-order valence-electron chi connectivity index (χ2n) is 6.57. The van der Waals surface area contributed by atoms with Crippen LogP contribution in [0.5, 0.6) is 0 Å². The molecule has 0 radical (unpaired) electrons. The molecule has 1 heteroatoms. The molecular formula is C14H27N. The predicted molar refractivity (Wildman–Crippen MR) is 66.0 cm³/mol. The van der Waals surface area contributed by atoms with E-state index in [4.69, 9.17) is 0 Å². The predicted octanol–water partition coefficient (Wildman–Crippen LogP) is 3.69. The molecule has 2 aliphatic rings. The molecule has 15 heavy (non-hydrogen) atoms. The van der Waals surface area contributed by atoms with Gasteiger partial charge in [0.2, 0.25) is 0 Å². The third-order valence-corrected chi connectivity index (χ3v) is 4.45. The van der Waals surface area contributed by atoms with E-state index in [-0.39, 0.29) is 0 Å². The van der Waals surface area contributed by atoms with Gasteiger partial charge in [-0.2, -0.15) is 0 Å². The lowest BCUT2D eigenvalue weighted by atomic mass is 9.77. The quantitative estimate of drug-likeness (QED) is 0.636. The first kappa shape index (κ1) is 11.4. The number of hydrogen-bond donors (Lipinski definition) is 0. The van der Waals surface area contributed by atoms with Gasteiger partial charge < -0.3 is 4.90 Å². The molecule has 2 unspecified atom stereocenters. The van der Waals surface area contributed by atoms with E-state index >= 15 is 0 Å². The Morgan fingerprint density at radius 2 is 1.53 bits per heavy atom. The van der Waals surface area contributed by atoms with Crippen molar-refractivity contribution in [3.8, 4) is 0 Å². The molecule has 0 spiro atoms. The molecule has 1 nitrogen and oxygen atoms in total. The van der Waals surface area contributed by atoms with Gasteiger partial charge in [0.25, 0.3) is 0 Å². The van der Waals surface area contributed by atoms with Crippen LogP contribution in [-0.2, 0) is 0 Å². The smallest absolute Gasteiger partial charge is 0.0128 e. The molecule has 0 bridgehead atoms. The molecule has 88 valence electrons. The van der Waals surface area contributed by atoms with Crippen molar-refractivity contribution in [2.45, 2.75) is 65.3 Å². The van der Waals surface area contributed by atoms with Crippen LogP contribution in [0.15, 0.2) is 0 Å². The Hall–Kier alpha value is -0.0400. The van der Waals surface area contributed by atoms with Crippen LogP contribution in [0.2, 0.25) is 0 Å². The lowest BCUT2D eigenvalue weighted by molar-refractivity contribution is 0.0815.